The number of carbonyl (C=O) groups is 3. The Morgan fingerprint density at radius 2 is 1.76 bits per heavy atom. The molecular weight excluding hydrogens is 367 g/mol. The van der Waals surface area contributed by atoms with Crippen molar-refractivity contribution in [2.24, 2.45) is 5.92 Å². The van der Waals surface area contributed by atoms with Gasteiger partial charge in [0, 0.05) is 11.1 Å². The lowest BCUT2D eigenvalue weighted by Gasteiger charge is -2.24. The van der Waals surface area contributed by atoms with Crippen LogP contribution in [0, 0.1) is 5.92 Å². The van der Waals surface area contributed by atoms with Crippen molar-refractivity contribution in [3.63, 3.8) is 0 Å². The van der Waals surface area contributed by atoms with E-state index in [9.17, 15) is 14.4 Å². The molecule has 1 aromatic carbocycles. The van der Waals surface area contributed by atoms with E-state index < -0.39 is 24.0 Å². The van der Waals surface area contributed by atoms with E-state index in [2.05, 4.69) is 15.4 Å². The van der Waals surface area contributed by atoms with Crippen molar-refractivity contribution in [3.05, 3.63) is 33.8 Å². The highest BCUT2D eigenvalue weighted by molar-refractivity contribution is 6.36. The molecule has 0 aliphatic carbocycles. The lowest BCUT2D eigenvalue weighted by molar-refractivity contribution is -0.141. The molecule has 0 saturated heterocycles. The number of amides is 2. The smallest absolute Gasteiger partial charge is 0.307 e. The van der Waals surface area contributed by atoms with Gasteiger partial charge in [-0.2, -0.15) is 0 Å². The molecule has 0 fully saturated rings. The van der Waals surface area contributed by atoms with Gasteiger partial charge in [0.25, 0.3) is 5.91 Å². The van der Waals surface area contributed by atoms with Gasteiger partial charge in [-0.1, -0.05) is 37.0 Å². The summed E-state index contributed by atoms with van der Waals surface area (Å²) >= 11 is 11.8. The SMILES string of the molecule is COC(=O)CC(C)NC(=O)C(NC(=O)c1ccc(Cl)cc1Cl)C(C)C. The molecule has 0 heterocycles. The molecule has 2 amide bonds. The Bertz CT molecular complexity index is 650. The normalized spacial score (nSPS) is 13.1. The van der Waals surface area contributed by atoms with Crippen molar-refractivity contribution < 1.29 is 19.1 Å². The van der Waals surface area contributed by atoms with Crippen LogP contribution in [0.2, 0.25) is 10.0 Å². The van der Waals surface area contributed by atoms with Gasteiger partial charge in [-0.05, 0) is 31.0 Å². The molecule has 0 radical (unpaired) electrons. The zero-order valence-corrected chi connectivity index (χ0v) is 16.1. The Morgan fingerprint density at radius 3 is 2.28 bits per heavy atom. The number of esters is 1. The summed E-state index contributed by atoms with van der Waals surface area (Å²) in [6.07, 6.45) is 0.0456. The Morgan fingerprint density at radius 1 is 1.12 bits per heavy atom. The van der Waals surface area contributed by atoms with Gasteiger partial charge in [0.1, 0.15) is 6.04 Å². The van der Waals surface area contributed by atoms with E-state index in [4.69, 9.17) is 23.2 Å². The van der Waals surface area contributed by atoms with E-state index >= 15 is 0 Å². The quantitative estimate of drug-likeness (QED) is 0.703. The lowest BCUT2D eigenvalue weighted by Crippen LogP contribution is -2.52. The second-order valence-electron chi connectivity index (χ2n) is 6.01. The number of benzene rings is 1. The van der Waals surface area contributed by atoms with E-state index in [0.29, 0.717) is 5.02 Å². The molecule has 2 N–H and O–H groups in total. The summed E-state index contributed by atoms with van der Waals surface area (Å²) < 4.78 is 4.57. The van der Waals surface area contributed by atoms with Gasteiger partial charge in [-0.3, -0.25) is 14.4 Å². The van der Waals surface area contributed by atoms with Gasteiger partial charge < -0.3 is 15.4 Å². The summed E-state index contributed by atoms with van der Waals surface area (Å²) in [4.78, 5) is 36.1. The van der Waals surface area contributed by atoms with Crippen molar-refractivity contribution in [1.29, 1.82) is 0 Å². The maximum atomic E-state index is 12.4. The average Bonchev–Trinajstić information content (AvgIpc) is 2.51. The van der Waals surface area contributed by atoms with Gasteiger partial charge in [0.2, 0.25) is 5.91 Å². The predicted molar refractivity (Wildman–Crippen MR) is 96.8 cm³/mol. The minimum absolute atomic E-state index is 0.0456. The molecule has 0 saturated carbocycles. The third-order valence-corrected chi connectivity index (χ3v) is 4.05. The molecule has 0 aliphatic heterocycles. The molecule has 25 heavy (non-hydrogen) atoms. The van der Waals surface area contributed by atoms with Gasteiger partial charge in [-0.25, -0.2) is 0 Å². The summed E-state index contributed by atoms with van der Waals surface area (Å²) in [6.45, 7) is 5.29. The number of rotatable bonds is 7. The summed E-state index contributed by atoms with van der Waals surface area (Å²) in [5, 5.41) is 5.98. The second-order valence-corrected chi connectivity index (χ2v) is 6.85. The van der Waals surface area contributed by atoms with E-state index in [1.54, 1.807) is 26.8 Å². The second kappa shape index (κ2) is 9.63. The Labute approximate surface area is 157 Å². The molecule has 0 aromatic heterocycles. The van der Waals surface area contributed by atoms with Crippen molar-refractivity contribution in [1.82, 2.24) is 10.6 Å². The fourth-order valence-corrected chi connectivity index (χ4v) is 2.64. The van der Waals surface area contributed by atoms with Crippen LogP contribution in [-0.2, 0) is 14.3 Å². The summed E-state index contributed by atoms with van der Waals surface area (Å²) in [5.74, 6) is -1.45. The van der Waals surface area contributed by atoms with E-state index in [1.807, 2.05) is 0 Å². The van der Waals surface area contributed by atoms with Crippen LogP contribution in [0.5, 0.6) is 0 Å². The van der Waals surface area contributed by atoms with E-state index in [0.717, 1.165) is 0 Å². The molecule has 1 aromatic rings. The number of ether oxygens (including phenoxy) is 1. The van der Waals surface area contributed by atoms with E-state index in [-0.39, 0.29) is 28.8 Å². The molecule has 138 valence electrons. The molecule has 2 atom stereocenters. The van der Waals surface area contributed by atoms with Crippen molar-refractivity contribution in [3.8, 4) is 0 Å². The first-order valence-corrected chi connectivity index (χ1v) is 8.54. The number of carbonyl (C=O) groups excluding carboxylic acids is 3. The van der Waals surface area contributed by atoms with Crippen LogP contribution in [0.15, 0.2) is 18.2 Å². The third-order valence-electron chi connectivity index (χ3n) is 3.50. The fraction of sp³-hybridized carbons (Fsp3) is 0.471. The largest absolute Gasteiger partial charge is 0.469 e. The zero-order chi connectivity index (χ0) is 19.1. The average molecular weight is 389 g/mol. The number of halogens is 2. The Balaban J connectivity index is 2.80. The van der Waals surface area contributed by atoms with Crippen LogP contribution < -0.4 is 10.6 Å². The molecule has 2 unspecified atom stereocenters. The molecule has 0 spiro atoms. The van der Waals surface area contributed by atoms with Gasteiger partial charge in [0.05, 0.1) is 24.1 Å². The van der Waals surface area contributed by atoms with Crippen LogP contribution in [0.1, 0.15) is 37.6 Å². The lowest BCUT2D eigenvalue weighted by atomic mass is 10.0. The standard InChI is InChI=1S/C17H22Cl2N2O4/c1-9(2)15(17(24)20-10(3)7-14(22)25-4)21-16(23)12-6-5-11(18)8-13(12)19/h5-6,8-10,15H,7H2,1-4H3,(H,20,24)(H,21,23). The van der Waals surface area contributed by atoms with Crippen LogP contribution in [0.3, 0.4) is 0 Å². The van der Waals surface area contributed by atoms with Crippen LogP contribution in [-0.4, -0.2) is 37.0 Å². The van der Waals surface area contributed by atoms with Gasteiger partial charge in [-0.15, -0.1) is 0 Å². The third kappa shape index (κ3) is 6.55. The number of hydrogen-bond acceptors (Lipinski definition) is 4. The minimum Gasteiger partial charge on any atom is -0.469 e. The topological polar surface area (TPSA) is 84.5 Å². The summed E-state index contributed by atoms with van der Waals surface area (Å²) in [7, 11) is 1.28. The molecule has 1 rings (SSSR count). The molecule has 8 heteroatoms. The van der Waals surface area contributed by atoms with E-state index in [1.165, 1.54) is 19.2 Å². The highest BCUT2D eigenvalue weighted by atomic mass is 35.5. The van der Waals surface area contributed by atoms with Crippen LogP contribution in [0.4, 0.5) is 0 Å². The maximum Gasteiger partial charge on any atom is 0.307 e. The zero-order valence-electron chi connectivity index (χ0n) is 14.6. The summed E-state index contributed by atoms with van der Waals surface area (Å²) in [5.41, 5.74) is 0.229. The molecule has 0 bridgehead atoms. The predicted octanol–water partition coefficient (Wildman–Crippen LogP) is 2.82. The van der Waals surface area contributed by atoms with Crippen molar-refractivity contribution >= 4 is 41.0 Å². The monoisotopic (exact) mass is 388 g/mol. The van der Waals surface area contributed by atoms with Crippen molar-refractivity contribution in [2.45, 2.75) is 39.3 Å². The maximum absolute atomic E-state index is 12.4. The van der Waals surface area contributed by atoms with Gasteiger partial charge >= 0.3 is 5.97 Å². The van der Waals surface area contributed by atoms with Crippen LogP contribution in [0.25, 0.3) is 0 Å². The molecule has 0 aliphatic rings. The first kappa shape index (κ1) is 21.3. The van der Waals surface area contributed by atoms with Crippen molar-refractivity contribution in [2.75, 3.05) is 7.11 Å². The first-order valence-electron chi connectivity index (χ1n) is 7.78. The number of hydrogen-bond donors (Lipinski definition) is 2. The molecule has 6 nitrogen and oxygen atoms in total. The fourth-order valence-electron chi connectivity index (χ4n) is 2.14. The van der Waals surface area contributed by atoms with Crippen LogP contribution >= 0.6 is 23.2 Å². The minimum atomic E-state index is -0.778. The first-order chi connectivity index (χ1) is 11.6. The number of nitrogens with one attached hydrogen (secondary N) is 2. The number of methoxy groups -OCH3 is 1. The Hall–Kier alpha value is -1.79. The highest BCUT2D eigenvalue weighted by Crippen LogP contribution is 2.21. The summed E-state index contributed by atoms with van der Waals surface area (Å²) in [6, 6.07) is 3.30. The molecular formula is C17H22Cl2N2O4. The van der Waals surface area contributed by atoms with Gasteiger partial charge in [0.15, 0.2) is 0 Å². The highest BCUT2D eigenvalue weighted by Gasteiger charge is 2.27. The Kier molecular flexibility index (Phi) is 8.19.